The molecule has 220 valence electrons. The lowest BCUT2D eigenvalue weighted by Gasteiger charge is -2.19. The van der Waals surface area contributed by atoms with Crippen LogP contribution in [0.25, 0.3) is 0 Å². The largest absolute Gasteiger partial charge is 0.466 e. The van der Waals surface area contributed by atoms with Crippen molar-refractivity contribution in [1.82, 2.24) is 5.32 Å². The van der Waals surface area contributed by atoms with Crippen LogP contribution in [0.5, 0.6) is 0 Å². The third-order valence-corrected chi connectivity index (χ3v) is 4.74. The summed E-state index contributed by atoms with van der Waals surface area (Å²) < 4.78 is 28.3. The van der Waals surface area contributed by atoms with Crippen molar-refractivity contribution in [2.24, 2.45) is 5.73 Å². The lowest BCUT2D eigenvalue weighted by atomic mass is 10.1. The number of hydrogen-bond acceptors (Lipinski definition) is 13. The Kier molecular flexibility index (Phi) is 18.6. The number of ether oxygens (including phenoxy) is 6. The van der Waals surface area contributed by atoms with Crippen molar-refractivity contribution < 1.29 is 57.2 Å². The van der Waals surface area contributed by atoms with Gasteiger partial charge in [0.05, 0.1) is 65.0 Å². The van der Waals surface area contributed by atoms with Gasteiger partial charge in [0.2, 0.25) is 11.1 Å². The van der Waals surface area contributed by atoms with Gasteiger partial charge in [-0.05, 0) is 25.4 Å². The van der Waals surface area contributed by atoms with Crippen LogP contribution in [0.4, 0.5) is 0 Å². The first kappa shape index (κ1) is 35.5. The Morgan fingerprint density at radius 2 is 1.31 bits per heavy atom. The number of rotatable bonds is 9. The van der Waals surface area contributed by atoms with Crippen molar-refractivity contribution in [2.45, 2.75) is 39.5 Å². The molecule has 2 aliphatic heterocycles. The second-order valence-corrected chi connectivity index (χ2v) is 7.84. The summed E-state index contributed by atoms with van der Waals surface area (Å²) in [6, 6.07) is 0. The number of carbonyl (C=O) groups is 6. The Morgan fingerprint density at radius 3 is 1.79 bits per heavy atom. The van der Waals surface area contributed by atoms with Crippen LogP contribution < -0.4 is 11.1 Å². The van der Waals surface area contributed by atoms with Crippen molar-refractivity contribution in [3.8, 4) is 0 Å². The zero-order chi connectivity index (χ0) is 29.8. The first-order valence-corrected chi connectivity index (χ1v) is 12.2. The zero-order valence-electron chi connectivity index (χ0n) is 22.4. The fraction of sp³-hybridized carbons (Fsp3) is 0.583. The third-order valence-electron chi connectivity index (χ3n) is 4.61. The van der Waals surface area contributed by atoms with Gasteiger partial charge in [-0.25, -0.2) is 9.59 Å². The van der Waals surface area contributed by atoms with Crippen LogP contribution in [0.2, 0.25) is 0 Å². The van der Waals surface area contributed by atoms with E-state index < -0.39 is 29.1 Å². The highest BCUT2D eigenvalue weighted by molar-refractivity contribution is 6.64. The van der Waals surface area contributed by atoms with E-state index in [0.29, 0.717) is 43.0 Å². The van der Waals surface area contributed by atoms with E-state index in [-0.39, 0.29) is 50.8 Å². The van der Waals surface area contributed by atoms with Gasteiger partial charge in [-0.3, -0.25) is 19.2 Å². The maximum atomic E-state index is 11.6. The van der Waals surface area contributed by atoms with Crippen molar-refractivity contribution in [3.05, 3.63) is 22.5 Å². The Hall–Kier alpha value is -3.49. The summed E-state index contributed by atoms with van der Waals surface area (Å²) in [5.74, 6) is -2.63. The van der Waals surface area contributed by atoms with E-state index in [2.05, 4.69) is 24.3 Å². The van der Waals surface area contributed by atoms with Gasteiger partial charge < -0.3 is 39.5 Å². The van der Waals surface area contributed by atoms with Crippen LogP contribution in [0.1, 0.15) is 39.5 Å². The normalized spacial score (nSPS) is 14.4. The fourth-order valence-electron chi connectivity index (χ4n) is 2.82. The van der Waals surface area contributed by atoms with Crippen LogP contribution in [0, 0.1) is 0 Å². The molecular formula is C24H35ClN2O12. The minimum absolute atomic E-state index is 0.0850. The number of esters is 4. The Bertz CT molecular complexity index is 945. The van der Waals surface area contributed by atoms with Crippen LogP contribution >= 0.6 is 11.6 Å². The molecule has 0 aromatic carbocycles. The molecular weight excluding hydrogens is 544 g/mol. The minimum atomic E-state index is -0.687. The highest BCUT2D eigenvalue weighted by atomic mass is 35.5. The van der Waals surface area contributed by atoms with Crippen molar-refractivity contribution >= 4 is 46.6 Å². The Labute approximate surface area is 231 Å². The van der Waals surface area contributed by atoms with E-state index >= 15 is 0 Å². The number of nitrogens with two attached hydrogens (primary N) is 1. The highest BCUT2D eigenvalue weighted by Crippen LogP contribution is 2.15. The van der Waals surface area contributed by atoms with Crippen molar-refractivity contribution in [1.29, 1.82) is 0 Å². The lowest BCUT2D eigenvalue weighted by Crippen LogP contribution is -2.32. The van der Waals surface area contributed by atoms with E-state index in [9.17, 15) is 28.8 Å². The Morgan fingerprint density at radius 1 is 0.821 bits per heavy atom. The summed E-state index contributed by atoms with van der Waals surface area (Å²) in [5, 5.41) is 1.85. The first-order valence-electron chi connectivity index (χ1n) is 11.8. The van der Waals surface area contributed by atoms with Gasteiger partial charge in [0, 0.05) is 24.2 Å². The molecule has 0 saturated carbocycles. The average molecular weight is 579 g/mol. The van der Waals surface area contributed by atoms with Crippen molar-refractivity contribution in [3.63, 3.8) is 0 Å². The van der Waals surface area contributed by atoms with E-state index in [1.807, 2.05) is 0 Å². The summed E-state index contributed by atoms with van der Waals surface area (Å²) in [5.41, 5.74) is 7.30. The highest BCUT2D eigenvalue weighted by Gasteiger charge is 2.22. The minimum Gasteiger partial charge on any atom is -0.466 e. The molecule has 0 fully saturated rings. The molecule has 3 N–H and O–H groups in total. The number of nitrogens with one attached hydrogen (secondary N) is 1. The van der Waals surface area contributed by atoms with Gasteiger partial charge in [-0.15, -0.1) is 0 Å². The predicted molar refractivity (Wildman–Crippen MR) is 135 cm³/mol. The lowest BCUT2D eigenvalue weighted by molar-refractivity contribution is -0.146. The van der Waals surface area contributed by atoms with Gasteiger partial charge in [0.15, 0.2) is 0 Å². The number of hydrogen-bond donors (Lipinski definition) is 2. The second-order valence-electron chi connectivity index (χ2n) is 7.42. The summed E-state index contributed by atoms with van der Waals surface area (Å²) in [7, 11) is 2.58. The van der Waals surface area contributed by atoms with Crippen molar-refractivity contribution in [2.75, 3.05) is 53.9 Å². The van der Waals surface area contributed by atoms with Gasteiger partial charge in [0.1, 0.15) is 12.8 Å². The molecule has 14 nitrogen and oxygen atoms in total. The standard InChI is InChI=1S/C12H17NO6.C7H11NO3.C5H7ClO3/c1-3-19-11(15)6-10(14)13-9-4-5-18-7-8(9)12(16)17-2;1-10-7(9)5-4-11-3-2-6(5)8;1-2-9-5(8)3-4(6)7/h3-7H2,1-2H3,(H,13,14);2-4,8H2,1H3;2-3H2,1H3. The predicted octanol–water partition coefficient (Wildman–Crippen LogP) is 0.401. The number of halogens is 1. The van der Waals surface area contributed by atoms with E-state index in [0.717, 1.165) is 0 Å². The second kappa shape index (κ2) is 20.5. The molecule has 0 bridgehead atoms. The molecule has 0 aromatic heterocycles. The maximum absolute atomic E-state index is 11.6. The van der Waals surface area contributed by atoms with E-state index in [1.165, 1.54) is 14.2 Å². The summed E-state index contributed by atoms with van der Waals surface area (Å²) in [6.07, 6.45) is 0.283. The molecule has 0 aliphatic carbocycles. The molecule has 2 rings (SSSR count). The molecule has 39 heavy (non-hydrogen) atoms. The average Bonchev–Trinajstić information content (AvgIpc) is 2.89. The SMILES string of the molecule is CCOC(=O)CC(=O)Cl.CCOC(=O)CC(=O)NC1=C(C(=O)OC)COCC1.COC(=O)C1=C(N)CCOC1. The number of methoxy groups -OCH3 is 2. The molecule has 0 radical (unpaired) electrons. The van der Waals surface area contributed by atoms with Gasteiger partial charge in [-0.1, -0.05) is 0 Å². The molecule has 0 spiro atoms. The molecule has 0 aromatic rings. The third kappa shape index (κ3) is 15.5. The molecule has 2 heterocycles. The Balaban J connectivity index is 0.000000612. The topological polar surface area (TPSA) is 196 Å². The maximum Gasteiger partial charge on any atom is 0.337 e. The molecule has 2 aliphatic rings. The van der Waals surface area contributed by atoms with Gasteiger partial charge in [0.25, 0.3) is 0 Å². The quantitative estimate of drug-likeness (QED) is 0.165. The van der Waals surface area contributed by atoms with Crippen LogP contribution in [0.15, 0.2) is 22.5 Å². The molecule has 15 heteroatoms. The molecule has 0 saturated heterocycles. The number of carbonyl (C=O) groups excluding carboxylic acids is 6. The van der Waals surface area contributed by atoms with E-state index in [4.69, 9.17) is 26.8 Å². The fourth-order valence-corrected chi connectivity index (χ4v) is 2.93. The van der Waals surface area contributed by atoms with Crippen LogP contribution in [-0.2, 0) is 57.2 Å². The zero-order valence-corrected chi connectivity index (χ0v) is 23.2. The molecule has 1 amide bonds. The molecule has 0 atom stereocenters. The van der Waals surface area contributed by atoms with Crippen LogP contribution in [-0.4, -0.2) is 88.9 Å². The van der Waals surface area contributed by atoms with Gasteiger partial charge >= 0.3 is 23.9 Å². The van der Waals surface area contributed by atoms with E-state index in [1.54, 1.807) is 13.8 Å². The monoisotopic (exact) mass is 578 g/mol. The number of amides is 1. The smallest absolute Gasteiger partial charge is 0.337 e. The summed E-state index contributed by atoms with van der Waals surface area (Å²) in [4.78, 5) is 65.5. The van der Waals surface area contributed by atoms with Crippen LogP contribution in [0.3, 0.4) is 0 Å². The summed E-state index contributed by atoms with van der Waals surface area (Å²) in [6.45, 7) is 5.17. The summed E-state index contributed by atoms with van der Waals surface area (Å²) >= 11 is 4.87. The van der Waals surface area contributed by atoms with Gasteiger partial charge in [-0.2, -0.15) is 0 Å². The molecule has 0 unspecified atom stereocenters. The first-order chi connectivity index (χ1) is 18.5.